The van der Waals surface area contributed by atoms with Gasteiger partial charge in [-0.15, -0.1) is 0 Å². The fourth-order valence-electron chi connectivity index (χ4n) is 2.20. The van der Waals surface area contributed by atoms with Crippen molar-refractivity contribution in [2.45, 2.75) is 59.4 Å². The van der Waals surface area contributed by atoms with Crippen LogP contribution < -0.4 is 0 Å². The van der Waals surface area contributed by atoms with Gasteiger partial charge in [0.2, 0.25) is 0 Å². The fourth-order valence-corrected chi connectivity index (χ4v) is 4.00. The van der Waals surface area contributed by atoms with Gasteiger partial charge in [0.15, 0.2) is 0 Å². The van der Waals surface area contributed by atoms with E-state index in [9.17, 15) is 0 Å². The molecule has 0 N–H and O–H groups in total. The molecule has 0 saturated carbocycles. The van der Waals surface area contributed by atoms with Gasteiger partial charge in [0.25, 0.3) is 0 Å². The van der Waals surface area contributed by atoms with Gasteiger partial charge < -0.3 is 13.8 Å². The van der Waals surface area contributed by atoms with Crippen molar-refractivity contribution in [3.8, 4) is 0 Å². The highest BCUT2D eigenvalue weighted by molar-refractivity contribution is 6.44. The summed E-state index contributed by atoms with van der Waals surface area (Å²) in [4.78, 5) is 2.58. The Balaban J connectivity index is 3.66. The van der Waals surface area contributed by atoms with Crippen LogP contribution in [-0.4, -0.2) is 47.0 Å². The molecule has 0 atom stereocenters. The maximum atomic E-state index is 5.69. The predicted molar refractivity (Wildman–Crippen MR) is 81.5 cm³/mol. The van der Waals surface area contributed by atoms with Crippen LogP contribution in [0.5, 0.6) is 0 Å². The van der Waals surface area contributed by atoms with Gasteiger partial charge in [-0.1, -0.05) is 20.3 Å². The molecule has 0 amide bonds. The fraction of sp³-hybridized carbons (Fsp3) is 1.00. The van der Waals surface area contributed by atoms with Gasteiger partial charge in [0, 0.05) is 13.2 Å². The number of rotatable bonds is 13. The van der Waals surface area contributed by atoms with Crippen molar-refractivity contribution >= 4 is 9.28 Å². The minimum absolute atomic E-state index is 0.800. The molecule has 0 aromatic carbocycles. The van der Waals surface area contributed by atoms with Crippen LogP contribution in [0.2, 0.25) is 6.04 Å². The van der Waals surface area contributed by atoms with Crippen LogP contribution >= 0.6 is 0 Å². The van der Waals surface area contributed by atoms with Gasteiger partial charge in [0.05, 0.1) is 0 Å². The number of hydrogen-bond acceptors (Lipinski definition) is 3. The molecule has 0 aromatic heterocycles. The Morgan fingerprint density at radius 2 is 1.33 bits per heavy atom. The second-order valence-electron chi connectivity index (χ2n) is 4.68. The van der Waals surface area contributed by atoms with Crippen molar-refractivity contribution in [2.24, 2.45) is 0 Å². The lowest BCUT2D eigenvalue weighted by Crippen LogP contribution is -2.27. The Kier molecular flexibility index (Phi) is 13.6. The molecule has 0 radical (unpaired) electrons. The molecule has 0 aromatic rings. The van der Waals surface area contributed by atoms with Crippen molar-refractivity contribution in [1.82, 2.24) is 4.90 Å². The Morgan fingerprint density at radius 1 is 0.778 bits per heavy atom. The van der Waals surface area contributed by atoms with Crippen LogP contribution in [0.1, 0.15) is 53.4 Å². The minimum atomic E-state index is -1.35. The first-order chi connectivity index (χ1) is 8.78. The summed E-state index contributed by atoms with van der Waals surface area (Å²) < 4.78 is 11.4. The molecule has 0 aliphatic rings. The molecule has 18 heavy (non-hydrogen) atoms. The molecule has 0 bridgehead atoms. The van der Waals surface area contributed by atoms with Crippen LogP contribution in [0.3, 0.4) is 0 Å². The highest BCUT2D eigenvalue weighted by atomic mass is 28.3. The van der Waals surface area contributed by atoms with Gasteiger partial charge in [-0.2, -0.15) is 0 Å². The Bertz CT molecular complexity index is 140. The number of unbranched alkanes of at least 4 members (excludes halogenated alkanes) is 1. The number of hydrogen-bond donors (Lipinski definition) is 0. The molecule has 4 heteroatoms. The Labute approximate surface area is 116 Å². The van der Waals surface area contributed by atoms with Crippen molar-refractivity contribution in [3.05, 3.63) is 0 Å². The first kappa shape index (κ1) is 18.1. The quantitative estimate of drug-likeness (QED) is 0.381. The van der Waals surface area contributed by atoms with Crippen LogP contribution in [0.4, 0.5) is 0 Å². The van der Waals surface area contributed by atoms with Gasteiger partial charge >= 0.3 is 9.28 Å². The molecule has 0 rings (SSSR count). The van der Waals surface area contributed by atoms with Crippen LogP contribution in [0.15, 0.2) is 0 Å². The Morgan fingerprint density at radius 3 is 1.78 bits per heavy atom. The summed E-state index contributed by atoms with van der Waals surface area (Å²) in [6.45, 7) is 14.0. The lowest BCUT2D eigenvalue weighted by molar-refractivity contribution is 0.211. The largest absolute Gasteiger partial charge is 0.397 e. The third-order valence-electron chi connectivity index (χ3n) is 2.95. The maximum absolute atomic E-state index is 5.69. The summed E-state index contributed by atoms with van der Waals surface area (Å²) >= 11 is 0. The third-order valence-corrected chi connectivity index (χ3v) is 5.24. The van der Waals surface area contributed by atoms with Crippen molar-refractivity contribution in [3.63, 3.8) is 0 Å². The lowest BCUT2D eigenvalue weighted by Gasteiger charge is -2.21. The van der Waals surface area contributed by atoms with E-state index in [0.717, 1.165) is 19.3 Å². The summed E-state index contributed by atoms with van der Waals surface area (Å²) in [7, 11) is -1.35. The summed E-state index contributed by atoms with van der Waals surface area (Å²) in [5, 5.41) is 0. The molecule has 0 fully saturated rings. The topological polar surface area (TPSA) is 21.7 Å². The van der Waals surface area contributed by atoms with E-state index >= 15 is 0 Å². The second kappa shape index (κ2) is 13.5. The minimum Gasteiger partial charge on any atom is -0.397 e. The summed E-state index contributed by atoms with van der Waals surface area (Å²) in [5.41, 5.74) is 0. The van der Waals surface area contributed by atoms with Gasteiger partial charge in [-0.3, -0.25) is 0 Å². The van der Waals surface area contributed by atoms with Crippen LogP contribution in [0.25, 0.3) is 0 Å². The van der Waals surface area contributed by atoms with E-state index in [2.05, 4.69) is 32.6 Å². The average Bonchev–Trinajstić information content (AvgIpc) is 2.35. The molecule has 0 saturated heterocycles. The maximum Gasteiger partial charge on any atom is 0.321 e. The highest BCUT2D eigenvalue weighted by Crippen LogP contribution is 2.06. The van der Waals surface area contributed by atoms with Crippen LogP contribution in [-0.2, 0) is 8.85 Å². The first-order valence-electron chi connectivity index (χ1n) is 7.73. The van der Waals surface area contributed by atoms with Gasteiger partial charge in [-0.05, 0) is 58.8 Å². The van der Waals surface area contributed by atoms with Crippen molar-refractivity contribution in [2.75, 3.05) is 32.8 Å². The van der Waals surface area contributed by atoms with Gasteiger partial charge in [-0.25, -0.2) is 0 Å². The Hall–Kier alpha value is 0.0969. The zero-order chi connectivity index (χ0) is 13.6. The number of nitrogens with zero attached hydrogens (tertiary/aromatic N) is 1. The standard InChI is InChI=1S/C14H33NO2Si/c1-5-11-15(12-6-2)13-9-10-14-18(16-7-3)17-8-4/h18H,5-14H2,1-4H3. The third kappa shape index (κ3) is 10.1. The molecule has 3 nitrogen and oxygen atoms in total. The van der Waals surface area contributed by atoms with E-state index in [1.165, 1.54) is 45.3 Å². The highest BCUT2D eigenvalue weighted by Gasteiger charge is 2.11. The van der Waals surface area contributed by atoms with E-state index in [1.807, 2.05) is 0 Å². The zero-order valence-electron chi connectivity index (χ0n) is 12.9. The normalized spacial score (nSPS) is 11.7. The molecular formula is C14H33NO2Si. The van der Waals surface area contributed by atoms with E-state index in [4.69, 9.17) is 8.85 Å². The van der Waals surface area contributed by atoms with Crippen molar-refractivity contribution in [1.29, 1.82) is 0 Å². The second-order valence-corrected chi connectivity index (χ2v) is 6.78. The molecule has 0 aliphatic heterocycles. The van der Waals surface area contributed by atoms with E-state index in [1.54, 1.807) is 0 Å². The summed E-state index contributed by atoms with van der Waals surface area (Å²) in [5.74, 6) is 0. The predicted octanol–water partition coefficient (Wildman–Crippen LogP) is 3.18. The summed E-state index contributed by atoms with van der Waals surface area (Å²) in [6, 6.07) is 1.16. The molecule has 110 valence electrons. The smallest absolute Gasteiger partial charge is 0.321 e. The average molecular weight is 276 g/mol. The summed E-state index contributed by atoms with van der Waals surface area (Å²) in [6.07, 6.45) is 5.05. The monoisotopic (exact) mass is 275 g/mol. The molecule has 0 unspecified atom stereocenters. The molecule has 0 spiro atoms. The van der Waals surface area contributed by atoms with Crippen molar-refractivity contribution < 1.29 is 8.85 Å². The SMILES string of the molecule is CCCN(CCC)CCCC[SiH](OCC)OCC. The zero-order valence-corrected chi connectivity index (χ0v) is 14.1. The molecule has 0 heterocycles. The van der Waals surface area contributed by atoms with Gasteiger partial charge in [0.1, 0.15) is 0 Å². The first-order valence-corrected chi connectivity index (χ1v) is 9.49. The molecular weight excluding hydrogens is 242 g/mol. The molecule has 0 aliphatic carbocycles. The van der Waals surface area contributed by atoms with E-state index in [0.29, 0.717) is 0 Å². The lowest BCUT2D eigenvalue weighted by atomic mass is 10.3. The van der Waals surface area contributed by atoms with E-state index < -0.39 is 9.28 Å². The van der Waals surface area contributed by atoms with Crippen LogP contribution in [0, 0.1) is 0 Å². The van der Waals surface area contributed by atoms with E-state index in [-0.39, 0.29) is 0 Å².